The number of Topliss-reactive ketones (excluding diaryl/α,β-unsaturated/α-hetero) is 1. The molecule has 146 valence electrons. The SMILES string of the molecule is Cc1ccccc1-c1nc2n(n1)C(c1ccc(Cl)c(Cl)c1)C1=C(CCCC1=O)N2. The quantitative estimate of drug-likeness (QED) is 0.582. The molecular formula is C22H18Cl2N4O. The zero-order valence-corrected chi connectivity index (χ0v) is 17.3. The second-order valence-electron chi connectivity index (χ2n) is 7.39. The Bertz CT molecular complexity index is 1180. The van der Waals surface area contributed by atoms with Crippen LogP contribution in [-0.4, -0.2) is 20.5 Å². The van der Waals surface area contributed by atoms with Gasteiger partial charge >= 0.3 is 0 Å². The first-order chi connectivity index (χ1) is 14.0. The van der Waals surface area contributed by atoms with E-state index < -0.39 is 0 Å². The Morgan fingerprint density at radius 1 is 1.10 bits per heavy atom. The van der Waals surface area contributed by atoms with Crippen LogP contribution in [-0.2, 0) is 4.79 Å². The van der Waals surface area contributed by atoms with Crippen LogP contribution < -0.4 is 5.32 Å². The molecule has 1 atom stereocenters. The van der Waals surface area contributed by atoms with Crippen LogP contribution in [0.3, 0.4) is 0 Å². The van der Waals surface area contributed by atoms with Crippen molar-refractivity contribution in [1.82, 2.24) is 14.8 Å². The van der Waals surface area contributed by atoms with Crippen molar-refractivity contribution in [2.75, 3.05) is 5.32 Å². The summed E-state index contributed by atoms with van der Waals surface area (Å²) in [6, 6.07) is 13.1. The standard InChI is InChI=1S/C22H18Cl2N4O/c1-12-5-2-3-6-14(12)21-26-22-25-17-7-4-8-18(29)19(17)20(28(22)27-21)13-9-10-15(23)16(24)11-13/h2-3,5-6,9-11,20H,4,7-8H2,1H3,(H,25,26,27). The van der Waals surface area contributed by atoms with E-state index in [4.69, 9.17) is 33.3 Å². The number of hydrogen-bond acceptors (Lipinski definition) is 4. The fourth-order valence-electron chi connectivity index (χ4n) is 4.08. The second-order valence-corrected chi connectivity index (χ2v) is 8.20. The Labute approximate surface area is 178 Å². The van der Waals surface area contributed by atoms with Crippen molar-refractivity contribution < 1.29 is 4.79 Å². The van der Waals surface area contributed by atoms with E-state index in [9.17, 15) is 4.79 Å². The molecule has 5 rings (SSSR count). The number of fused-ring (bicyclic) bond motifs is 1. The van der Waals surface area contributed by atoms with E-state index in [1.165, 1.54) is 0 Å². The van der Waals surface area contributed by atoms with Gasteiger partial charge in [0.05, 0.1) is 10.0 Å². The van der Waals surface area contributed by atoms with E-state index in [-0.39, 0.29) is 11.8 Å². The average molecular weight is 425 g/mol. The summed E-state index contributed by atoms with van der Waals surface area (Å²) in [7, 11) is 0. The van der Waals surface area contributed by atoms with Gasteiger partial charge in [-0.1, -0.05) is 53.5 Å². The van der Waals surface area contributed by atoms with Crippen molar-refractivity contribution in [2.45, 2.75) is 32.2 Å². The molecule has 3 aromatic rings. The third-order valence-electron chi connectivity index (χ3n) is 5.51. The maximum atomic E-state index is 12.9. The van der Waals surface area contributed by atoms with E-state index in [0.29, 0.717) is 28.2 Å². The normalized spacial score (nSPS) is 18.3. The smallest absolute Gasteiger partial charge is 0.226 e. The van der Waals surface area contributed by atoms with Crippen LogP contribution in [0.25, 0.3) is 11.4 Å². The summed E-state index contributed by atoms with van der Waals surface area (Å²) in [6.45, 7) is 2.03. The number of allylic oxidation sites excluding steroid dienone is 2. The van der Waals surface area contributed by atoms with Crippen LogP contribution in [0.15, 0.2) is 53.7 Å². The number of nitrogens with one attached hydrogen (secondary N) is 1. The molecule has 0 fully saturated rings. The zero-order valence-electron chi connectivity index (χ0n) is 15.7. The van der Waals surface area contributed by atoms with Gasteiger partial charge in [-0.3, -0.25) is 4.79 Å². The van der Waals surface area contributed by atoms with Crippen molar-refractivity contribution in [1.29, 1.82) is 0 Å². The van der Waals surface area contributed by atoms with E-state index in [1.807, 2.05) is 43.3 Å². The van der Waals surface area contributed by atoms with Crippen molar-refractivity contribution in [3.63, 3.8) is 0 Å². The minimum Gasteiger partial charge on any atom is -0.328 e. The van der Waals surface area contributed by atoms with Gasteiger partial charge in [0.1, 0.15) is 6.04 Å². The van der Waals surface area contributed by atoms with Gasteiger partial charge in [0, 0.05) is 23.3 Å². The summed E-state index contributed by atoms with van der Waals surface area (Å²) >= 11 is 12.4. The minimum atomic E-state index is -0.380. The lowest BCUT2D eigenvalue weighted by molar-refractivity contribution is -0.116. The number of carbonyl (C=O) groups excluding carboxylic acids is 1. The predicted molar refractivity (Wildman–Crippen MR) is 114 cm³/mol. The van der Waals surface area contributed by atoms with Gasteiger partial charge < -0.3 is 5.32 Å². The fourth-order valence-corrected chi connectivity index (χ4v) is 4.39. The maximum Gasteiger partial charge on any atom is 0.226 e. The van der Waals surface area contributed by atoms with E-state index in [1.54, 1.807) is 10.7 Å². The first-order valence-corrected chi connectivity index (χ1v) is 10.3. The van der Waals surface area contributed by atoms with Crippen molar-refractivity contribution >= 4 is 34.9 Å². The van der Waals surface area contributed by atoms with E-state index in [2.05, 4.69) is 5.32 Å². The predicted octanol–water partition coefficient (Wildman–Crippen LogP) is 5.58. The Kier molecular flexibility index (Phi) is 4.45. The van der Waals surface area contributed by atoms with Crippen LogP contribution in [0, 0.1) is 6.92 Å². The number of nitrogens with zero attached hydrogens (tertiary/aromatic N) is 3. The first-order valence-electron chi connectivity index (χ1n) is 9.53. The van der Waals surface area contributed by atoms with Gasteiger partial charge in [-0.25, -0.2) is 4.68 Å². The molecule has 2 aromatic carbocycles. The minimum absolute atomic E-state index is 0.133. The Hall–Kier alpha value is -2.63. The van der Waals surface area contributed by atoms with Crippen LogP contribution >= 0.6 is 23.2 Å². The van der Waals surface area contributed by atoms with Gasteiger partial charge in [-0.2, -0.15) is 4.98 Å². The maximum absolute atomic E-state index is 12.9. The van der Waals surface area contributed by atoms with Gasteiger partial charge in [0.15, 0.2) is 11.6 Å². The molecule has 0 spiro atoms. The molecule has 0 amide bonds. The largest absolute Gasteiger partial charge is 0.328 e. The van der Waals surface area contributed by atoms with Crippen LogP contribution in [0.4, 0.5) is 5.95 Å². The zero-order chi connectivity index (χ0) is 20.1. The van der Waals surface area contributed by atoms with Crippen molar-refractivity contribution in [3.8, 4) is 11.4 Å². The highest BCUT2D eigenvalue weighted by Crippen LogP contribution is 2.41. The summed E-state index contributed by atoms with van der Waals surface area (Å²) < 4.78 is 1.80. The highest BCUT2D eigenvalue weighted by atomic mass is 35.5. The number of hydrogen-bond donors (Lipinski definition) is 1. The van der Waals surface area contributed by atoms with E-state index in [0.717, 1.165) is 40.8 Å². The lowest BCUT2D eigenvalue weighted by Gasteiger charge is -2.32. The van der Waals surface area contributed by atoms with Crippen molar-refractivity contribution in [3.05, 3.63) is 74.9 Å². The number of rotatable bonds is 2. The molecule has 5 nitrogen and oxygen atoms in total. The molecule has 2 aliphatic rings. The van der Waals surface area contributed by atoms with Crippen molar-refractivity contribution in [2.24, 2.45) is 0 Å². The van der Waals surface area contributed by atoms with Crippen LogP contribution in [0.1, 0.15) is 36.4 Å². The summed E-state index contributed by atoms with van der Waals surface area (Å²) in [5.74, 6) is 1.39. The second kappa shape index (κ2) is 7.01. The molecule has 1 aliphatic carbocycles. The number of aromatic nitrogens is 3. The third-order valence-corrected chi connectivity index (χ3v) is 6.25. The van der Waals surface area contributed by atoms with Gasteiger partial charge in [0.2, 0.25) is 5.95 Å². The third kappa shape index (κ3) is 3.05. The molecular weight excluding hydrogens is 407 g/mol. The Morgan fingerprint density at radius 2 is 1.93 bits per heavy atom. The van der Waals surface area contributed by atoms with Gasteiger partial charge in [-0.15, -0.1) is 5.10 Å². The number of ketones is 1. The summed E-state index contributed by atoms with van der Waals surface area (Å²) in [5, 5.41) is 9.08. The van der Waals surface area contributed by atoms with Crippen LogP contribution in [0.2, 0.25) is 10.0 Å². The molecule has 29 heavy (non-hydrogen) atoms. The summed E-state index contributed by atoms with van der Waals surface area (Å²) in [6.07, 6.45) is 2.18. The van der Waals surface area contributed by atoms with E-state index >= 15 is 0 Å². The number of benzene rings is 2. The highest BCUT2D eigenvalue weighted by Gasteiger charge is 2.37. The molecule has 7 heteroatoms. The first kappa shape index (κ1) is 18.4. The average Bonchev–Trinajstić information content (AvgIpc) is 3.12. The fraction of sp³-hybridized carbons (Fsp3) is 0.227. The monoisotopic (exact) mass is 424 g/mol. The number of aryl methyl sites for hydroxylation is 1. The Balaban J connectivity index is 1.71. The number of anilines is 1. The Morgan fingerprint density at radius 3 is 2.72 bits per heavy atom. The molecule has 2 heterocycles. The molecule has 1 aromatic heterocycles. The molecule has 0 saturated heterocycles. The molecule has 1 aliphatic heterocycles. The number of carbonyl (C=O) groups is 1. The van der Waals surface area contributed by atoms with Crippen LogP contribution in [0.5, 0.6) is 0 Å². The number of halogens is 2. The lowest BCUT2D eigenvalue weighted by atomic mass is 9.85. The summed E-state index contributed by atoms with van der Waals surface area (Å²) in [4.78, 5) is 17.6. The molecule has 1 N–H and O–H groups in total. The molecule has 0 radical (unpaired) electrons. The van der Waals surface area contributed by atoms with Gasteiger partial charge in [-0.05, 0) is 43.0 Å². The molecule has 1 unspecified atom stereocenters. The summed E-state index contributed by atoms with van der Waals surface area (Å²) in [5.41, 5.74) is 4.59. The highest BCUT2D eigenvalue weighted by molar-refractivity contribution is 6.42. The van der Waals surface area contributed by atoms with Gasteiger partial charge in [0.25, 0.3) is 0 Å². The molecule has 0 saturated carbocycles. The molecule has 0 bridgehead atoms. The topological polar surface area (TPSA) is 59.8 Å². The lowest BCUT2D eigenvalue weighted by Crippen LogP contribution is -2.31.